The van der Waals surface area contributed by atoms with Crippen molar-refractivity contribution >= 4 is 5.91 Å². The van der Waals surface area contributed by atoms with Gasteiger partial charge in [0.1, 0.15) is 12.4 Å². The van der Waals surface area contributed by atoms with Gasteiger partial charge in [-0.2, -0.15) is 13.2 Å². The molecule has 0 N–H and O–H groups in total. The van der Waals surface area contributed by atoms with Crippen LogP contribution < -0.4 is 4.74 Å². The maximum Gasteiger partial charge on any atom is 0.391 e. The Hall–Kier alpha value is -1.76. The molecule has 1 aliphatic heterocycles. The second kappa shape index (κ2) is 8.95. The highest BCUT2D eigenvalue weighted by Crippen LogP contribution is 2.40. The topological polar surface area (TPSA) is 32.8 Å². The summed E-state index contributed by atoms with van der Waals surface area (Å²) in [4.78, 5) is 16.6. The van der Waals surface area contributed by atoms with E-state index in [-0.39, 0.29) is 18.7 Å². The standard InChI is InChI=1S/C20H27F3N2O2/c21-20(22,23)17-6-4-5-16(15-17)19(26)25-11-9-24(10-12-25)13-14-27-18-7-2-1-3-8-18/h1-3,7-8,16-17H,4-6,9-15H2. The molecule has 1 saturated carbocycles. The monoisotopic (exact) mass is 384 g/mol. The highest BCUT2D eigenvalue weighted by Gasteiger charge is 2.44. The smallest absolute Gasteiger partial charge is 0.391 e. The molecule has 7 heteroatoms. The minimum Gasteiger partial charge on any atom is -0.492 e. The molecular formula is C20H27F3N2O2. The maximum absolute atomic E-state index is 13.0. The normalized spacial score (nSPS) is 24.6. The fourth-order valence-electron chi connectivity index (χ4n) is 3.97. The molecule has 2 aliphatic rings. The van der Waals surface area contributed by atoms with Gasteiger partial charge < -0.3 is 9.64 Å². The lowest BCUT2D eigenvalue weighted by Crippen LogP contribution is -2.51. The van der Waals surface area contributed by atoms with Gasteiger partial charge in [-0.05, 0) is 31.4 Å². The molecule has 0 bridgehead atoms. The van der Waals surface area contributed by atoms with Crippen LogP contribution in [0.5, 0.6) is 5.75 Å². The van der Waals surface area contributed by atoms with E-state index in [1.54, 1.807) is 4.90 Å². The Labute approximate surface area is 158 Å². The minimum atomic E-state index is -4.18. The molecule has 27 heavy (non-hydrogen) atoms. The van der Waals surface area contributed by atoms with E-state index in [9.17, 15) is 18.0 Å². The van der Waals surface area contributed by atoms with Crippen LogP contribution in [0.1, 0.15) is 25.7 Å². The van der Waals surface area contributed by atoms with Crippen LogP contribution in [0.25, 0.3) is 0 Å². The molecule has 1 aromatic rings. The van der Waals surface area contributed by atoms with Crippen molar-refractivity contribution in [1.29, 1.82) is 0 Å². The van der Waals surface area contributed by atoms with Gasteiger partial charge in [-0.1, -0.05) is 24.6 Å². The Kier molecular flexibility index (Phi) is 6.63. The summed E-state index contributed by atoms with van der Waals surface area (Å²) in [5.41, 5.74) is 0. The Morgan fingerprint density at radius 2 is 1.78 bits per heavy atom. The van der Waals surface area contributed by atoms with Gasteiger partial charge in [-0.25, -0.2) is 0 Å². The fraction of sp³-hybridized carbons (Fsp3) is 0.650. The molecule has 2 fully saturated rings. The number of amides is 1. The summed E-state index contributed by atoms with van der Waals surface area (Å²) in [6, 6.07) is 9.61. The van der Waals surface area contributed by atoms with Crippen LogP contribution in [-0.2, 0) is 4.79 Å². The van der Waals surface area contributed by atoms with Crippen LogP contribution in [0, 0.1) is 11.8 Å². The quantitative estimate of drug-likeness (QED) is 0.778. The molecule has 1 aliphatic carbocycles. The first-order valence-corrected chi connectivity index (χ1v) is 9.69. The summed E-state index contributed by atoms with van der Waals surface area (Å²) in [7, 11) is 0. The number of carbonyl (C=O) groups is 1. The molecule has 3 rings (SSSR count). The first kappa shape index (κ1) is 20.0. The Balaban J connectivity index is 1.40. The van der Waals surface area contributed by atoms with E-state index in [2.05, 4.69) is 4.90 Å². The summed E-state index contributed by atoms with van der Waals surface area (Å²) in [5, 5.41) is 0. The number of alkyl halides is 3. The van der Waals surface area contributed by atoms with Crippen molar-refractivity contribution < 1.29 is 22.7 Å². The van der Waals surface area contributed by atoms with Crippen LogP contribution in [0.4, 0.5) is 13.2 Å². The van der Waals surface area contributed by atoms with Crippen molar-refractivity contribution in [3.8, 4) is 5.75 Å². The second-order valence-corrected chi connectivity index (χ2v) is 7.43. The van der Waals surface area contributed by atoms with Crippen LogP contribution in [-0.4, -0.2) is 61.2 Å². The Morgan fingerprint density at radius 1 is 1.07 bits per heavy atom. The zero-order chi connectivity index (χ0) is 19.3. The molecule has 2 unspecified atom stereocenters. The second-order valence-electron chi connectivity index (χ2n) is 7.43. The average molecular weight is 384 g/mol. The average Bonchev–Trinajstić information content (AvgIpc) is 2.68. The zero-order valence-electron chi connectivity index (χ0n) is 15.5. The first-order chi connectivity index (χ1) is 12.9. The predicted octanol–water partition coefficient (Wildman–Crippen LogP) is 3.58. The van der Waals surface area contributed by atoms with E-state index < -0.39 is 18.0 Å². The van der Waals surface area contributed by atoms with Crippen LogP contribution in [0.3, 0.4) is 0 Å². The van der Waals surface area contributed by atoms with Crippen molar-refractivity contribution in [1.82, 2.24) is 9.80 Å². The number of rotatable bonds is 5. The van der Waals surface area contributed by atoms with Gasteiger partial charge in [-0.15, -0.1) is 0 Å². The predicted molar refractivity (Wildman–Crippen MR) is 96.5 cm³/mol. The van der Waals surface area contributed by atoms with E-state index in [0.29, 0.717) is 32.5 Å². The third-order valence-corrected chi connectivity index (χ3v) is 5.59. The molecule has 1 saturated heterocycles. The van der Waals surface area contributed by atoms with Gasteiger partial charge in [0, 0.05) is 38.6 Å². The third kappa shape index (κ3) is 5.61. The van der Waals surface area contributed by atoms with Gasteiger partial charge in [0.2, 0.25) is 5.91 Å². The summed E-state index contributed by atoms with van der Waals surface area (Å²) in [5.74, 6) is -1.05. The van der Waals surface area contributed by atoms with E-state index >= 15 is 0 Å². The molecule has 0 aromatic heterocycles. The maximum atomic E-state index is 13.0. The number of nitrogens with zero attached hydrogens (tertiary/aromatic N) is 2. The van der Waals surface area contributed by atoms with Crippen LogP contribution in [0.2, 0.25) is 0 Å². The van der Waals surface area contributed by atoms with Gasteiger partial charge >= 0.3 is 6.18 Å². The zero-order valence-corrected chi connectivity index (χ0v) is 15.5. The molecule has 0 radical (unpaired) electrons. The molecule has 1 heterocycles. The number of ether oxygens (including phenoxy) is 1. The summed E-state index contributed by atoms with van der Waals surface area (Å²) in [6.45, 7) is 3.98. The van der Waals surface area contributed by atoms with Crippen molar-refractivity contribution in [2.45, 2.75) is 31.9 Å². The van der Waals surface area contributed by atoms with E-state index in [1.165, 1.54) is 0 Å². The molecule has 1 amide bonds. The van der Waals surface area contributed by atoms with E-state index in [4.69, 9.17) is 4.74 Å². The van der Waals surface area contributed by atoms with Crippen molar-refractivity contribution in [2.24, 2.45) is 11.8 Å². The van der Waals surface area contributed by atoms with Crippen molar-refractivity contribution in [3.05, 3.63) is 30.3 Å². The highest BCUT2D eigenvalue weighted by atomic mass is 19.4. The highest BCUT2D eigenvalue weighted by molar-refractivity contribution is 5.79. The number of hydrogen-bond donors (Lipinski definition) is 0. The van der Waals surface area contributed by atoms with Gasteiger partial charge in [-0.3, -0.25) is 9.69 Å². The first-order valence-electron chi connectivity index (χ1n) is 9.69. The third-order valence-electron chi connectivity index (χ3n) is 5.59. The number of halogens is 3. The molecule has 1 aromatic carbocycles. The summed E-state index contributed by atoms with van der Waals surface area (Å²) < 4.78 is 44.6. The number of piperazine rings is 1. The van der Waals surface area contributed by atoms with Crippen molar-refractivity contribution in [3.63, 3.8) is 0 Å². The molecule has 0 spiro atoms. The summed E-state index contributed by atoms with van der Waals surface area (Å²) in [6.07, 6.45) is -3.01. The Bertz CT molecular complexity index is 601. The van der Waals surface area contributed by atoms with Gasteiger partial charge in [0.05, 0.1) is 5.92 Å². The Morgan fingerprint density at radius 3 is 2.44 bits per heavy atom. The molecule has 150 valence electrons. The van der Waals surface area contributed by atoms with E-state index in [0.717, 1.165) is 25.4 Å². The fourth-order valence-corrected chi connectivity index (χ4v) is 3.97. The number of para-hydroxylation sites is 1. The number of hydrogen-bond acceptors (Lipinski definition) is 3. The molecular weight excluding hydrogens is 357 g/mol. The van der Waals surface area contributed by atoms with Crippen LogP contribution >= 0.6 is 0 Å². The minimum absolute atomic E-state index is 0.0482. The largest absolute Gasteiger partial charge is 0.492 e. The number of benzene rings is 1. The SMILES string of the molecule is O=C(C1CCCC(C(F)(F)F)C1)N1CCN(CCOc2ccccc2)CC1. The lowest BCUT2D eigenvalue weighted by molar-refractivity contribution is -0.187. The molecule has 4 nitrogen and oxygen atoms in total. The summed E-state index contributed by atoms with van der Waals surface area (Å²) >= 11 is 0. The lowest BCUT2D eigenvalue weighted by atomic mass is 9.80. The van der Waals surface area contributed by atoms with Crippen molar-refractivity contribution in [2.75, 3.05) is 39.3 Å². The molecule has 2 atom stereocenters. The van der Waals surface area contributed by atoms with Crippen LogP contribution in [0.15, 0.2) is 30.3 Å². The van der Waals surface area contributed by atoms with E-state index in [1.807, 2.05) is 30.3 Å². The number of carbonyl (C=O) groups excluding carboxylic acids is 1. The van der Waals surface area contributed by atoms with Gasteiger partial charge in [0.25, 0.3) is 0 Å². The lowest BCUT2D eigenvalue weighted by Gasteiger charge is -2.38. The van der Waals surface area contributed by atoms with Gasteiger partial charge in [0.15, 0.2) is 0 Å².